The molecule has 2 aromatic carbocycles. The summed E-state index contributed by atoms with van der Waals surface area (Å²) < 4.78 is 0. The smallest absolute Gasteiger partial charge is 0.256 e. The first-order valence-electron chi connectivity index (χ1n) is 8.73. The lowest BCUT2D eigenvalue weighted by Crippen LogP contribution is -2.43. The molecular formula is C20H24N4O3. The van der Waals surface area contributed by atoms with Crippen molar-refractivity contribution in [3.8, 4) is 0 Å². The number of benzene rings is 2. The molecule has 0 heterocycles. The van der Waals surface area contributed by atoms with Crippen LogP contribution in [0.2, 0.25) is 0 Å². The van der Waals surface area contributed by atoms with Crippen LogP contribution in [-0.2, 0) is 14.4 Å². The fourth-order valence-corrected chi connectivity index (χ4v) is 2.66. The Balaban J connectivity index is 2.22. The third-order valence-electron chi connectivity index (χ3n) is 4.10. The number of anilines is 2. The first kappa shape index (κ1) is 20.1. The van der Waals surface area contributed by atoms with Crippen LogP contribution < -0.4 is 21.7 Å². The van der Waals surface area contributed by atoms with Crippen LogP contribution in [0.25, 0.3) is 0 Å². The van der Waals surface area contributed by atoms with E-state index in [1.54, 1.807) is 12.1 Å². The van der Waals surface area contributed by atoms with Gasteiger partial charge in [0.2, 0.25) is 5.91 Å². The lowest BCUT2D eigenvalue weighted by Gasteiger charge is -2.27. The Hall–Kier alpha value is -3.19. The summed E-state index contributed by atoms with van der Waals surface area (Å²) in [6, 6.07) is 18.3. The van der Waals surface area contributed by atoms with Crippen molar-refractivity contribution < 1.29 is 14.4 Å². The van der Waals surface area contributed by atoms with Crippen LogP contribution in [0.5, 0.6) is 0 Å². The van der Waals surface area contributed by atoms with Gasteiger partial charge in [-0.3, -0.25) is 25.2 Å². The van der Waals surface area contributed by atoms with Crippen LogP contribution in [0.1, 0.15) is 26.2 Å². The number of para-hydroxylation sites is 2. The molecule has 0 spiro atoms. The summed E-state index contributed by atoms with van der Waals surface area (Å²) in [6.07, 6.45) is 0.805. The fraction of sp³-hybridized carbons (Fsp3) is 0.250. The van der Waals surface area contributed by atoms with Gasteiger partial charge < -0.3 is 0 Å². The molecule has 1 unspecified atom stereocenters. The second kappa shape index (κ2) is 10.1. The van der Waals surface area contributed by atoms with E-state index in [0.29, 0.717) is 12.1 Å². The van der Waals surface area contributed by atoms with Crippen molar-refractivity contribution in [1.82, 2.24) is 5.43 Å². The zero-order valence-corrected chi connectivity index (χ0v) is 15.2. The molecule has 2 aromatic rings. The number of Topliss-reactive ketones (excluding diaryl/α,β-unsaturated/α-hetero) is 1. The molecule has 0 radical (unpaired) electrons. The summed E-state index contributed by atoms with van der Waals surface area (Å²) in [7, 11) is 0. The molecule has 7 heteroatoms. The maximum atomic E-state index is 13.2. The molecule has 0 saturated heterocycles. The second-order valence-corrected chi connectivity index (χ2v) is 6.11. The molecule has 0 aliphatic rings. The predicted octanol–water partition coefficient (Wildman–Crippen LogP) is 2.41. The third kappa shape index (κ3) is 5.93. The Morgan fingerprint density at radius 1 is 1.00 bits per heavy atom. The van der Waals surface area contributed by atoms with Crippen molar-refractivity contribution >= 4 is 29.0 Å². The minimum atomic E-state index is -0.855. The Bertz CT molecular complexity index is 765. The molecule has 0 aliphatic carbocycles. The molecule has 4 N–H and O–H groups in total. The molecule has 0 saturated carbocycles. The maximum absolute atomic E-state index is 13.2. The second-order valence-electron chi connectivity index (χ2n) is 6.11. The van der Waals surface area contributed by atoms with Crippen molar-refractivity contribution in [2.75, 3.05) is 10.4 Å². The van der Waals surface area contributed by atoms with Crippen molar-refractivity contribution in [3.05, 3.63) is 60.7 Å². The largest absolute Gasteiger partial charge is 0.299 e. The van der Waals surface area contributed by atoms with Crippen LogP contribution >= 0.6 is 0 Å². The summed E-state index contributed by atoms with van der Waals surface area (Å²) in [5, 5.41) is 1.38. The molecule has 27 heavy (non-hydrogen) atoms. The highest BCUT2D eigenvalue weighted by Gasteiger charge is 2.29. The number of rotatable bonds is 9. The number of nitrogens with zero attached hydrogens (tertiary/aromatic N) is 1. The van der Waals surface area contributed by atoms with Gasteiger partial charge in [-0.25, -0.2) is 10.9 Å². The van der Waals surface area contributed by atoms with Crippen LogP contribution in [0.15, 0.2) is 60.7 Å². The van der Waals surface area contributed by atoms with Gasteiger partial charge in [0.15, 0.2) is 0 Å². The van der Waals surface area contributed by atoms with Gasteiger partial charge >= 0.3 is 0 Å². The summed E-state index contributed by atoms with van der Waals surface area (Å²) in [4.78, 5) is 36.6. The highest BCUT2D eigenvalue weighted by Crippen LogP contribution is 2.21. The number of ketones is 1. The van der Waals surface area contributed by atoms with Gasteiger partial charge in [0.25, 0.3) is 5.91 Å². The molecule has 2 rings (SSSR count). The van der Waals surface area contributed by atoms with Crippen LogP contribution in [0.3, 0.4) is 0 Å². The molecule has 0 aliphatic heterocycles. The van der Waals surface area contributed by atoms with Crippen molar-refractivity contribution in [3.63, 3.8) is 0 Å². The Morgan fingerprint density at radius 2 is 1.59 bits per heavy atom. The average molecular weight is 368 g/mol. The number of hydrogen-bond donors (Lipinski definition) is 3. The zero-order valence-electron chi connectivity index (χ0n) is 15.2. The number of carbonyl (C=O) groups excluding carboxylic acids is 3. The average Bonchev–Trinajstić information content (AvgIpc) is 2.70. The van der Waals surface area contributed by atoms with Crippen molar-refractivity contribution in [2.24, 2.45) is 11.8 Å². The summed E-state index contributed by atoms with van der Waals surface area (Å²) in [5.41, 5.74) is 6.46. The van der Waals surface area contributed by atoms with E-state index >= 15 is 0 Å². The summed E-state index contributed by atoms with van der Waals surface area (Å²) in [5.74, 6) is 3.27. The van der Waals surface area contributed by atoms with Gasteiger partial charge in [0, 0.05) is 6.42 Å². The fourth-order valence-electron chi connectivity index (χ4n) is 2.66. The van der Waals surface area contributed by atoms with E-state index in [-0.39, 0.29) is 30.4 Å². The molecule has 2 amide bonds. The van der Waals surface area contributed by atoms with Gasteiger partial charge in [-0.1, -0.05) is 36.4 Å². The Labute approximate surface area is 158 Å². The topological polar surface area (TPSA) is 105 Å². The van der Waals surface area contributed by atoms with E-state index in [1.807, 2.05) is 54.0 Å². The van der Waals surface area contributed by atoms with Gasteiger partial charge in [0.05, 0.1) is 17.3 Å². The molecule has 0 aromatic heterocycles. The van der Waals surface area contributed by atoms with E-state index in [0.717, 1.165) is 5.69 Å². The standard InChI is InChI=1S/C20H24N4O3/c1-15(25)18(13-8-14-19(26)22-21)20(27)24(17-11-6-3-7-12-17)23-16-9-4-2-5-10-16/h2-7,9-12,18,23H,8,13-14,21H2,1H3,(H,22,26). The van der Waals surface area contributed by atoms with Crippen molar-refractivity contribution in [1.29, 1.82) is 0 Å². The van der Waals surface area contributed by atoms with Gasteiger partial charge in [0.1, 0.15) is 5.78 Å². The van der Waals surface area contributed by atoms with Gasteiger partial charge in [-0.15, -0.1) is 0 Å². The van der Waals surface area contributed by atoms with E-state index in [4.69, 9.17) is 5.84 Å². The van der Waals surface area contributed by atoms with E-state index in [2.05, 4.69) is 5.43 Å². The first-order chi connectivity index (χ1) is 13.0. The highest BCUT2D eigenvalue weighted by atomic mass is 16.2. The lowest BCUT2D eigenvalue weighted by atomic mass is 9.96. The number of nitrogens with one attached hydrogen (secondary N) is 2. The van der Waals surface area contributed by atoms with Crippen LogP contribution in [0, 0.1) is 5.92 Å². The Morgan fingerprint density at radius 3 is 2.15 bits per heavy atom. The molecule has 142 valence electrons. The SMILES string of the molecule is CC(=O)C(CCCC(=O)NN)C(=O)N(Nc1ccccc1)c1ccccc1. The van der Waals surface area contributed by atoms with E-state index in [1.165, 1.54) is 11.9 Å². The van der Waals surface area contributed by atoms with Gasteiger partial charge in [-0.05, 0) is 44.0 Å². The zero-order chi connectivity index (χ0) is 19.6. The number of hydrogen-bond acceptors (Lipinski definition) is 5. The normalized spacial score (nSPS) is 11.3. The third-order valence-corrected chi connectivity index (χ3v) is 4.10. The van der Waals surface area contributed by atoms with Gasteiger partial charge in [-0.2, -0.15) is 0 Å². The summed E-state index contributed by atoms with van der Waals surface area (Å²) >= 11 is 0. The van der Waals surface area contributed by atoms with E-state index in [9.17, 15) is 14.4 Å². The quantitative estimate of drug-likeness (QED) is 0.273. The van der Waals surface area contributed by atoms with Crippen LogP contribution in [-0.4, -0.2) is 17.6 Å². The first-order valence-corrected chi connectivity index (χ1v) is 8.73. The van der Waals surface area contributed by atoms with E-state index < -0.39 is 5.92 Å². The monoisotopic (exact) mass is 368 g/mol. The Kier molecular flexibility index (Phi) is 7.51. The lowest BCUT2D eigenvalue weighted by molar-refractivity contribution is -0.132. The number of nitrogens with two attached hydrogens (primary N) is 1. The summed E-state index contributed by atoms with van der Waals surface area (Å²) in [6.45, 7) is 1.39. The molecule has 7 nitrogen and oxygen atoms in total. The minimum Gasteiger partial charge on any atom is -0.299 e. The molecule has 1 atom stereocenters. The number of carbonyl (C=O) groups is 3. The molecule has 0 fully saturated rings. The number of amides is 2. The van der Waals surface area contributed by atoms with Crippen molar-refractivity contribution in [2.45, 2.75) is 26.2 Å². The van der Waals surface area contributed by atoms with Crippen LogP contribution in [0.4, 0.5) is 11.4 Å². The molecular weight excluding hydrogens is 344 g/mol. The highest BCUT2D eigenvalue weighted by molar-refractivity contribution is 6.08. The molecule has 0 bridgehead atoms. The predicted molar refractivity (Wildman–Crippen MR) is 104 cm³/mol. The number of hydrazine groups is 2. The maximum Gasteiger partial charge on any atom is 0.256 e. The minimum absolute atomic E-state index is 0.158.